The molecule has 0 unspecified atom stereocenters. The molecule has 0 aliphatic heterocycles. The molecule has 0 bridgehead atoms. The Morgan fingerprint density at radius 2 is 2.05 bits per heavy atom. The van der Waals surface area contributed by atoms with E-state index in [1.165, 1.54) is 10.9 Å². The fourth-order valence-electron chi connectivity index (χ4n) is 2.94. The first kappa shape index (κ1) is 12.6. The highest BCUT2D eigenvalue weighted by Gasteiger charge is 2.27. The molecule has 0 atom stereocenters. The molecule has 3 nitrogen and oxygen atoms in total. The van der Waals surface area contributed by atoms with Crippen LogP contribution in [0.2, 0.25) is 0 Å². The molecule has 2 aromatic rings. The Morgan fingerprint density at radius 1 is 1.26 bits per heavy atom. The van der Waals surface area contributed by atoms with Crippen molar-refractivity contribution < 1.29 is 5.11 Å². The highest BCUT2D eigenvalue weighted by atomic mass is 16.3. The number of aromatic nitrogens is 1. The smallest absolute Gasteiger partial charge is 0.0705 e. The van der Waals surface area contributed by atoms with E-state index in [0.29, 0.717) is 5.92 Å². The van der Waals surface area contributed by atoms with Gasteiger partial charge in [-0.05, 0) is 43.5 Å². The van der Waals surface area contributed by atoms with E-state index in [2.05, 4.69) is 41.2 Å². The molecule has 0 amide bonds. The Hall–Kier alpha value is -1.45. The highest BCUT2D eigenvalue weighted by Crippen LogP contribution is 2.28. The van der Waals surface area contributed by atoms with Crippen molar-refractivity contribution >= 4 is 10.9 Å². The second kappa shape index (κ2) is 5.27. The first-order valence-electron chi connectivity index (χ1n) is 6.91. The quantitative estimate of drug-likeness (QED) is 0.912. The maximum absolute atomic E-state index is 9.34. The van der Waals surface area contributed by atoms with Gasteiger partial charge in [0.2, 0.25) is 0 Å². The SMILES string of the molecule is CN(Cc1ccnc2ccccc12)CC1CC(O)C1. The summed E-state index contributed by atoms with van der Waals surface area (Å²) < 4.78 is 0. The maximum atomic E-state index is 9.34. The molecule has 1 fully saturated rings. The first-order chi connectivity index (χ1) is 9.22. The fourth-order valence-corrected chi connectivity index (χ4v) is 2.94. The Bertz CT molecular complexity index is 558. The van der Waals surface area contributed by atoms with E-state index in [4.69, 9.17) is 0 Å². The van der Waals surface area contributed by atoms with Crippen molar-refractivity contribution in [2.24, 2.45) is 5.92 Å². The number of nitrogens with zero attached hydrogens (tertiary/aromatic N) is 2. The van der Waals surface area contributed by atoms with E-state index in [0.717, 1.165) is 31.4 Å². The van der Waals surface area contributed by atoms with Gasteiger partial charge in [0.05, 0.1) is 11.6 Å². The van der Waals surface area contributed by atoms with Gasteiger partial charge in [0.1, 0.15) is 0 Å². The van der Waals surface area contributed by atoms with E-state index >= 15 is 0 Å². The van der Waals surface area contributed by atoms with Crippen LogP contribution >= 0.6 is 0 Å². The zero-order valence-electron chi connectivity index (χ0n) is 11.3. The third kappa shape index (κ3) is 2.77. The number of para-hydroxylation sites is 1. The van der Waals surface area contributed by atoms with E-state index in [1.54, 1.807) is 0 Å². The third-order valence-electron chi connectivity index (χ3n) is 3.96. The minimum absolute atomic E-state index is 0.0554. The van der Waals surface area contributed by atoms with E-state index in [-0.39, 0.29) is 6.10 Å². The van der Waals surface area contributed by atoms with Gasteiger partial charge in [-0.1, -0.05) is 18.2 Å². The molecule has 1 aliphatic carbocycles. The van der Waals surface area contributed by atoms with Crippen LogP contribution in [-0.4, -0.2) is 34.7 Å². The summed E-state index contributed by atoms with van der Waals surface area (Å²) in [6.45, 7) is 2.00. The van der Waals surface area contributed by atoms with Crippen molar-refractivity contribution in [3.05, 3.63) is 42.1 Å². The second-order valence-corrected chi connectivity index (χ2v) is 5.68. The van der Waals surface area contributed by atoms with Gasteiger partial charge >= 0.3 is 0 Å². The van der Waals surface area contributed by atoms with E-state index in [1.807, 2.05) is 12.3 Å². The lowest BCUT2D eigenvalue weighted by Gasteiger charge is -2.34. The minimum Gasteiger partial charge on any atom is -0.393 e. The Morgan fingerprint density at radius 3 is 2.84 bits per heavy atom. The van der Waals surface area contributed by atoms with Crippen LogP contribution in [-0.2, 0) is 6.54 Å². The molecule has 1 saturated carbocycles. The van der Waals surface area contributed by atoms with Crippen molar-refractivity contribution in [2.45, 2.75) is 25.5 Å². The normalized spacial score (nSPS) is 22.7. The summed E-state index contributed by atoms with van der Waals surface area (Å²) in [6, 6.07) is 10.4. The van der Waals surface area contributed by atoms with Crippen molar-refractivity contribution in [3.63, 3.8) is 0 Å². The van der Waals surface area contributed by atoms with Crippen LogP contribution in [0.3, 0.4) is 0 Å². The third-order valence-corrected chi connectivity index (χ3v) is 3.96. The monoisotopic (exact) mass is 256 g/mol. The summed E-state index contributed by atoms with van der Waals surface area (Å²) in [6.07, 6.45) is 3.75. The molecule has 1 heterocycles. The standard InChI is InChI=1S/C16H20N2O/c1-18(10-12-8-14(19)9-12)11-13-6-7-17-16-5-3-2-4-15(13)16/h2-7,12,14,19H,8-11H2,1H3. The van der Waals surface area contributed by atoms with E-state index < -0.39 is 0 Å². The summed E-state index contributed by atoms with van der Waals surface area (Å²) >= 11 is 0. The average molecular weight is 256 g/mol. The summed E-state index contributed by atoms with van der Waals surface area (Å²) in [7, 11) is 2.15. The van der Waals surface area contributed by atoms with Crippen LogP contribution in [0, 0.1) is 5.92 Å². The van der Waals surface area contributed by atoms with Crippen LogP contribution in [0.25, 0.3) is 10.9 Å². The van der Waals surface area contributed by atoms with Gasteiger partial charge < -0.3 is 10.0 Å². The zero-order chi connectivity index (χ0) is 13.2. The van der Waals surface area contributed by atoms with Crippen LogP contribution < -0.4 is 0 Å². The lowest BCUT2D eigenvalue weighted by Crippen LogP contribution is -2.36. The highest BCUT2D eigenvalue weighted by molar-refractivity contribution is 5.81. The average Bonchev–Trinajstić information content (AvgIpc) is 2.37. The molecule has 0 spiro atoms. The van der Waals surface area contributed by atoms with Crippen LogP contribution in [0.4, 0.5) is 0 Å². The lowest BCUT2D eigenvalue weighted by atomic mass is 9.82. The Balaban J connectivity index is 1.70. The number of fused-ring (bicyclic) bond motifs is 1. The number of pyridine rings is 1. The summed E-state index contributed by atoms with van der Waals surface area (Å²) in [5.74, 6) is 0.660. The van der Waals surface area contributed by atoms with Crippen molar-refractivity contribution in [3.8, 4) is 0 Å². The van der Waals surface area contributed by atoms with Gasteiger partial charge in [0, 0.05) is 24.7 Å². The minimum atomic E-state index is -0.0554. The molecule has 3 rings (SSSR count). The van der Waals surface area contributed by atoms with Crippen molar-refractivity contribution in [1.82, 2.24) is 9.88 Å². The Labute approximate surface area is 113 Å². The molecular formula is C16H20N2O. The number of aliphatic hydroxyl groups excluding tert-OH is 1. The molecule has 1 aromatic heterocycles. The largest absolute Gasteiger partial charge is 0.393 e. The van der Waals surface area contributed by atoms with Crippen LogP contribution in [0.15, 0.2) is 36.5 Å². The molecule has 0 radical (unpaired) electrons. The molecule has 1 N–H and O–H groups in total. The molecular weight excluding hydrogens is 236 g/mol. The molecule has 100 valence electrons. The van der Waals surface area contributed by atoms with Crippen molar-refractivity contribution in [1.29, 1.82) is 0 Å². The van der Waals surface area contributed by atoms with Crippen molar-refractivity contribution in [2.75, 3.05) is 13.6 Å². The summed E-state index contributed by atoms with van der Waals surface area (Å²) in [5.41, 5.74) is 2.39. The molecule has 0 saturated heterocycles. The lowest BCUT2D eigenvalue weighted by molar-refractivity contribution is 0.0274. The second-order valence-electron chi connectivity index (χ2n) is 5.68. The predicted molar refractivity (Wildman–Crippen MR) is 76.8 cm³/mol. The summed E-state index contributed by atoms with van der Waals surface area (Å²) in [5, 5.41) is 10.6. The molecule has 1 aliphatic rings. The van der Waals surface area contributed by atoms with Gasteiger partial charge in [0.15, 0.2) is 0 Å². The number of benzene rings is 1. The van der Waals surface area contributed by atoms with Gasteiger partial charge in [-0.15, -0.1) is 0 Å². The number of hydrogen-bond acceptors (Lipinski definition) is 3. The zero-order valence-corrected chi connectivity index (χ0v) is 11.3. The van der Waals surface area contributed by atoms with Gasteiger partial charge in [-0.25, -0.2) is 0 Å². The molecule has 1 aromatic carbocycles. The van der Waals surface area contributed by atoms with Gasteiger partial charge in [0.25, 0.3) is 0 Å². The fraction of sp³-hybridized carbons (Fsp3) is 0.438. The summed E-state index contributed by atoms with van der Waals surface area (Å²) in [4.78, 5) is 6.74. The predicted octanol–water partition coefficient (Wildman–Crippen LogP) is 2.44. The maximum Gasteiger partial charge on any atom is 0.0705 e. The number of hydrogen-bond donors (Lipinski definition) is 1. The number of rotatable bonds is 4. The van der Waals surface area contributed by atoms with Gasteiger partial charge in [-0.3, -0.25) is 4.98 Å². The van der Waals surface area contributed by atoms with Crippen LogP contribution in [0.5, 0.6) is 0 Å². The molecule has 3 heteroatoms. The number of aliphatic hydroxyl groups is 1. The Kier molecular flexibility index (Phi) is 3.49. The first-order valence-corrected chi connectivity index (χ1v) is 6.91. The topological polar surface area (TPSA) is 36.4 Å². The van der Waals surface area contributed by atoms with Crippen LogP contribution in [0.1, 0.15) is 18.4 Å². The van der Waals surface area contributed by atoms with Gasteiger partial charge in [-0.2, -0.15) is 0 Å². The molecule has 19 heavy (non-hydrogen) atoms. The van der Waals surface area contributed by atoms with E-state index in [9.17, 15) is 5.11 Å².